The SMILES string of the molecule is CSc1nc(N(C)CCO)c2sc3nc(CC(C)C)c4c(c3c2n1)CC(C)(C)OC4. The summed E-state index contributed by atoms with van der Waals surface area (Å²) >= 11 is 3.21. The number of ether oxygens (including phenoxy) is 1. The molecule has 1 aliphatic rings. The summed E-state index contributed by atoms with van der Waals surface area (Å²) in [6, 6.07) is 0. The summed E-state index contributed by atoms with van der Waals surface area (Å²) in [6.45, 7) is 9.98. The van der Waals surface area contributed by atoms with E-state index in [-0.39, 0.29) is 12.2 Å². The van der Waals surface area contributed by atoms with Crippen LogP contribution in [0.5, 0.6) is 0 Å². The molecular formula is C22H30N4O2S2. The van der Waals surface area contributed by atoms with Gasteiger partial charge in [-0.25, -0.2) is 15.0 Å². The number of likely N-dealkylation sites (N-methyl/N-ethyl adjacent to an activating group) is 1. The molecule has 0 atom stereocenters. The van der Waals surface area contributed by atoms with Crippen molar-refractivity contribution in [3.8, 4) is 0 Å². The minimum absolute atomic E-state index is 0.0825. The molecule has 1 aliphatic heterocycles. The molecule has 0 spiro atoms. The first kappa shape index (κ1) is 21.7. The molecule has 30 heavy (non-hydrogen) atoms. The highest BCUT2D eigenvalue weighted by atomic mass is 32.2. The monoisotopic (exact) mass is 446 g/mol. The van der Waals surface area contributed by atoms with E-state index >= 15 is 0 Å². The van der Waals surface area contributed by atoms with Gasteiger partial charge >= 0.3 is 0 Å². The van der Waals surface area contributed by atoms with Gasteiger partial charge in [0.05, 0.1) is 29.0 Å². The third kappa shape index (κ3) is 3.90. The Morgan fingerprint density at radius 1 is 1.23 bits per heavy atom. The Bertz CT molecular complexity index is 1090. The van der Waals surface area contributed by atoms with Crippen LogP contribution in [0.1, 0.15) is 44.5 Å². The zero-order valence-corrected chi connectivity index (χ0v) is 20.2. The fourth-order valence-electron chi connectivity index (χ4n) is 4.07. The van der Waals surface area contributed by atoms with Crippen LogP contribution >= 0.6 is 23.1 Å². The number of nitrogens with zero attached hydrogens (tertiary/aromatic N) is 4. The number of aliphatic hydroxyl groups excluding tert-OH is 1. The van der Waals surface area contributed by atoms with Gasteiger partial charge in [-0.15, -0.1) is 11.3 Å². The molecule has 0 bridgehead atoms. The van der Waals surface area contributed by atoms with Gasteiger partial charge in [-0.3, -0.25) is 0 Å². The molecule has 1 N–H and O–H groups in total. The molecule has 4 heterocycles. The third-order valence-corrected chi connectivity index (χ3v) is 7.13. The van der Waals surface area contributed by atoms with E-state index < -0.39 is 0 Å². The number of hydrogen-bond donors (Lipinski definition) is 1. The number of rotatable bonds is 6. The minimum Gasteiger partial charge on any atom is -0.395 e. The van der Waals surface area contributed by atoms with Gasteiger partial charge in [-0.05, 0) is 38.0 Å². The molecule has 3 aromatic heterocycles. The van der Waals surface area contributed by atoms with Crippen molar-refractivity contribution < 1.29 is 9.84 Å². The van der Waals surface area contributed by atoms with Gasteiger partial charge in [0.2, 0.25) is 0 Å². The van der Waals surface area contributed by atoms with Crippen molar-refractivity contribution >= 4 is 49.3 Å². The van der Waals surface area contributed by atoms with Crippen molar-refractivity contribution in [2.45, 2.75) is 57.9 Å². The topological polar surface area (TPSA) is 71.4 Å². The number of aliphatic hydroxyl groups is 1. The lowest BCUT2D eigenvalue weighted by Crippen LogP contribution is -2.33. The number of aromatic nitrogens is 3. The molecule has 4 rings (SSSR count). The van der Waals surface area contributed by atoms with Crippen LogP contribution in [0.15, 0.2) is 5.16 Å². The van der Waals surface area contributed by atoms with Gasteiger partial charge < -0.3 is 14.7 Å². The number of pyridine rings is 1. The lowest BCUT2D eigenvalue weighted by Gasteiger charge is -2.33. The van der Waals surface area contributed by atoms with Crippen LogP contribution < -0.4 is 4.90 Å². The maximum atomic E-state index is 9.46. The molecule has 0 fully saturated rings. The fraction of sp³-hybridized carbons (Fsp3) is 0.591. The second kappa shape index (κ2) is 8.22. The Morgan fingerprint density at radius 2 is 2.00 bits per heavy atom. The Labute approximate surface area is 186 Å². The summed E-state index contributed by atoms with van der Waals surface area (Å²) in [6.07, 6.45) is 3.78. The van der Waals surface area contributed by atoms with Crippen molar-refractivity contribution in [1.29, 1.82) is 0 Å². The van der Waals surface area contributed by atoms with Crippen LogP contribution in [0.4, 0.5) is 5.82 Å². The van der Waals surface area contributed by atoms with Crippen molar-refractivity contribution in [3.05, 3.63) is 16.8 Å². The summed E-state index contributed by atoms with van der Waals surface area (Å²) in [4.78, 5) is 17.8. The van der Waals surface area contributed by atoms with Crippen LogP contribution in [0.25, 0.3) is 20.4 Å². The minimum atomic E-state index is -0.212. The van der Waals surface area contributed by atoms with Gasteiger partial charge in [0.25, 0.3) is 0 Å². The van der Waals surface area contributed by atoms with E-state index in [4.69, 9.17) is 19.7 Å². The molecule has 0 amide bonds. The number of thiophene rings is 1. The fourth-order valence-corrected chi connectivity index (χ4v) is 5.64. The van der Waals surface area contributed by atoms with Crippen LogP contribution in [-0.4, -0.2) is 52.1 Å². The predicted octanol–water partition coefficient (Wildman–Crippen LogP) is 4.44. The second-order valence-corrected chi connectivity index (χ2v) is 10.8. The zero-order valence-electron chi connectivity index (χ0n) is 18.6. The first-order valence-corrected chi connectivity index (χ1v) is 12.4. The lowest BCUT2D eigenvalue weighted by molar-refractivity contribution is -0.0402. The first-order chi connectivity index (χ1) is 14.2. The van der Waals surface area contributed by atoms with Gasteiger partial charge in [-0.2, -0.15) is 0 Å². The van der Waals surface area contributed by atoms with E-state index in [0.29, 0.717) is 19.1 Å². The van der Waals surface area contributed by atoms with Crippen LogP contribution in [0, 0.1) is 5.92 Å². The zero-order chi connectivity index (χ0) is 21.6. The van der Waals surface area contributed by atoms with Crippen LogP contribution in [0.2, 0.25) is 0 Å². The molecule has 0 radical (unpaired) electrons. The van der Waals surface area contributed by atoms with Crippen LogP contribution in [-0.2, 0) is 24.2 Å². The van der Waals surface area contributed by atoms with Crippen LogP contribution in [0.3, 0.4) is 0 Å². The van der Waals surface area contributed by atoms with E-state index in [1.165, 1.54) is 11.1 Å². The highest BCUT2D eigenvalue weighted by Crippen LogP contribution is 2.43. The van der Waals surface area contributed by atoms with Crippen molar-refractivity contribution in [1.82, 2.24) is 15.0 Å². The largest absolute Gasteiger partial charge is 0.395 e. The van der Waals surface area contributed by atoms with E-state index in [9.17, 15) is 5.11 Å². The lowest BCUT2D eigenvalue weighted by atomic mass is 9.88. The Balaban J connectivity index is 2.06. The van der Waals surface area contributed by atoms with Gasteiger partial charge in [0.15, 0.2) is 11.0 Å². The number of anilines is 1. The Hall–Kier alpha value is -1.48. The van der Waals surface area contributed by atoms with Crippen molar-refractivity contribution in [3.63, 3.8) is 0 Å². The van der Waals surface area contributed by atoms with E-state index in [2.05, 4.69) is 27.7 Å². The number of fused-ring (bicyclic) bond motifs is 5. The average Bonchev–Trinajstić information content (AvgIpc) is 3.04. The molecule has 0 unspecified atom stereocenters. The van der Waals surface area contributed by atoms with Crippen molar-refractivity contribution in [2.75, 3.05) is 31.4 Å². The highest BCUT2D eigenvalue weighted by Gasteiger charge is 2.32. The maximum absolute atomic E-state index is 9.46. The summed E-state index contributed by atoms with van der Waals surface area (Å²) < 4.78 is 7.22. The highest BCUT2D eigenvalue weighted by molar-refractivity contribution is 7.98. The van der Waals surface area contributed by atoms with Gasteiger partial charge in [-0.1, -0.05) is 25.6 Å². The normalized spacial score (nSPS) is 15.9. The standard InChI is InChI=1S/C22H30N4O2S2/c1-12(2)9-15-14-11-28-22(3,4)10-13(14)16-17-18(30-20(16)23-15)19(26(5)7-8-27)25-21(24-17)29-6/h12,27H,7-11H2,1-6H3. The van der Waals surface area contributed by atoms with E-state index in [0.717, 1.165) is 49.9 Å². The number of thioether (sulfide) groups is 1. The van der Waals surface area contributed by atoms with E-state index in [1.807, 2.05) is 18.2 Å². The molecule has 0 saturated heterocycles. The molecule has 3 aromatic rings. The smallest absolute Gasteiger partial charge is 0.189 e. The summed E-state index contributed by atoms with van der Waals surface area (Å²) in [5.74, 6) is 1.39. The Kier molecular flexibility index (Phi) is 5.96. The molecular weight excluding hydrogens is 416 g/mol. The third-order valence-electron chi connectivity index (χ3n) is 5.52. The van der Waals surface area contributed by atoms with Gasteiger partial charge in [0, 0.05) is 36.7 Å². The number of hydrogen-bond acceptors (Lipinski definition) is 8. The van der Waals surface area contributed by atoms with Crippen molar-refractivity contribution in [2.24, 2.45) is 5.92 Å². The molecule has 162 valence electrons. The molecule has 8 heteroatoms. The molecule has 0 saturated carbocycles. The van der Waals surface area contributed by atoms with Gasteiger partial charge in [0.1, 0.15) is 4.83 Å². The molecule has 6 nitrogen and oxygen atoms in total. The predicted molar refractivity (Wildman–Crippen MR) is 126 cm³/mol. The summed E-state index contributed by atoms with van der Waals surface area (Å²) in [5.41, 5.74) is 4.49. The second-order valence-electron chi connectivity index (χ2n) is 8.98. The summed E-state index contributed by atoms with van der Waals surface area (Å²) in [5, 5.41) is 11.4. The van der Waals surface area contributed by atoms with E-state index in [1.54, 1.807) is 23.1 Å². The molecule has 0 aliphatic carbocycles. The first-order valence-electron chi connectivity index (χ1n) is 10.4. The maximum Gasteiger partial charge on any atom is 0.189 e. The Morgan fingerprint density at radius 3 is 2.67 bits per heavy atom. The quantitative estimate of drug-likeness (QED) is 0.443. The summed E-state index contributed by atoms with van der Waals surface area (Å²) in [7, 11) is 1.97. The molecule has 0 aromatic carbocycles. The average molecular weight is 447 g/mol.